The molecule has 0 amide bonds. The van der Waals surface area contributed by atoms with Crippen molar-refractivity contribution in [3.8, 4) is 0 Å². The second-order valence-corrected chi connectivity index (χ2v) is 5.87. The normalized spacial score (nSPS) is 22.5. The van der Waals surface area contributed by atoms with Crippen LogP contribution in [0.25, 0.3) is 0 Å². The van der Waals surface area contributed by atoms with Crippen LogP contribution in [0.3, 0.4) is 0 Å². The number of aromatic amines is 1. The Morgan fingerprint density at radius 1 is 1.65 bits per heavy atom. The molecule has 17 heavy (non-hydrogen) atoms. The third kappa shape index (κ3) is 2.96. The van der Waals surface area contributed by atoms with E-state index in [4.69, 9.17) is 5.73 Å². The fourth-order valence-electron chi connectivity index (χ4n) is 1.96. The Morgan fingerprint density at radius 3 is 3.12 bits per heavy atom. The van der Waals surface area contributed by atoms with Crippen molar-refractivity contribution >= 4 is 15.9 Å². The molecule has 0 aromatic carbocycles. The van der Waals surface area contributed by atoms with Crippen LogP contribution in [0.5, 0.6) is 0 Å². The fraction of sp³-hybridized carbons (Fsp3) is 0.667. The molecule has 1 aromatic rings. The van der Waals surface area contributed by atoms with Crippen molar-refractivity contribution in [3.05, 3.63) is 12.4 Å². The van der Waals surface area contributed by atoms with Gasteiger partial charge >= 0.3 is 10.2 Å². The zero-order valence-corrected chi connectivity index (χ0v) is 10.3. The van der Waals surface area contributed by atoms with Gasteiger partial charge in [0, 0.05) is 19.3 Å². The molecular weight excluding hydrogens is 242 g/mol. The molecular formula is C9H17N5O2S. The number of rotatable bonds is 4. The number of nitrogens with one attached hydrogen (secondary N) is 2. The number of aromatic nitrogens is 2. The molecule has 96 valence electrons. The van der Waals surface area contributed by atoms with Gasteiger partial charge in [-0.25, -0.2) is 0 Å². The summed E-state index contributed by atoms with van der Waals surface area (Å²) in [7, 11) is -3.48. The zero-order valence-electron chi connectivity index (χ0n) is 9.46. The second kappa shape index (κ2) is 5.03. The van der Waals surface area contributed by atoms with Crippen LogP contribution in [0.15, 0.2) is 12.4 Å². The maximum atomic E-state index is 12.0. The number of hydrogen-bond donors (Lipinski definition) is 3. The van der Waals surface area contributed by atoms with E-state index in [-0.39, 0.29) is 5.92 Å². The molecule has 4 N–H and O–H groups in total. The molecule has 7 nitrogen and oxygen atoms in total. The summed E-state index contributed by atoms with van der Waals surface area (Å²) in [6.07, 6.45) is 4.78. The molecule has 1 aliphatic heterocycles. The van der Waals surface area contributed by atoms with E-state index in [1.54, 1.807) is 0 Å². The van der Waals surface area contributed by atoms with Crippen LogP contribution >= 0.6 is 0 Å². The summed E-state index contributed by atoms with van der Waals surface area (Å²) in [5.74, 6) is 0.254. The van der Waals surface area contributed by atoms with Gasteiger partial charge in [-0.05, 0) is 25.3 Å². The molecule has 1 atom stereocenters. The third-order valence-electron chi connectivity index (χ3n) is 2.90. The van der Waals surface area contributed by atoms with Gasteiger partial charge in [0.2, 0.25) is 0 Å². The van der Waals surface area contributed by atoms with Gasteiger partial charge in [0.05, 0.1) is 11.9 Å². The summed E-state index contributed by atoms with van der Waals surface area (Å²) >= 11 is 0. The van der Waals surface area contributed by atoms with Gasteiger partial charge in [0.15, 0.2) is 0 Å². The Morgan fingerprint density at radius 2 is 2.47 bits per heavy atom. The molecule has 1 unspecified atom stereocenters. The highest BCUT2D eigenvalue weighted by atomic mass is 32.2. The predicted molar refractivity (Wildman–Crippen MR) is 64.5 cm³/mol. The number of H-pyrrole nitrogens is 1. The van der Waals surface area contributed by atoms with E-state index in [0.717, 1.165) is 12.8 Å². The highest BCUT2D eigenvalue weighted by Crippen LogP contribution is 2.19. The van der Waals surface area contributed by atoms with Crippen molar-refractivity contribution < 1.29 is 8.42 Å². The lowest BCUT2D eigenvalue weighted by Crippen LogP contribution is -2.44. The van der Waals surface area contributed by atoms with Crippen LogP contribution < -0.4 is 10.5 Å². The van der Waals surface area contributed by atoms with Crippen molar-refractivity contribution in [1.29, 1.82) is 0 Å². The minimum absolute atomic E-state index is 0.254. The van der Waals surface area contributed by atoms with E-state index in [9.17, 15) is 8.42 Å². The first kappa shape index (κ1) is 12.3. The summed E-state index contributed by atoms with van der Waals surface area (Å²) in [5, 5.41) is 6.25. The Balaban J connectivity index is 2.04. The summed E-state index contributed by atoms with van der Waals surface area (Å²) in [5.41, 5.74) is 6.03. The molecule has 2 heterocycles. The Hall–Kier alpha value is -1.12. The van der Waals surface area contributed by atoms with Gasteiger partial charge in [-0.2, -0.15) is 17.8 Å². The molecule has 1 aromatic heterocycles. The Bertz CT molecular complexity index is 444. The van der Waals surface area contributed by atoms with E-state index in [0.29, 0.717) is 25.3 Å². The largest absolute Gasteiger partial charge is 0.330 e. The molecule has 0 aliphatic carbocycles. The van der Waals surface area contributed by atoms with Gasteiger partial charge in [-0.15, -0.1) is 0 Å². The number of piperidine rings is 1. The topological polar surface area (TPSA) is 104 Å². The molecule has 0 radical (unpaired) electrons. The van der Waals surface area contributed by atoms with Crippen molar-refractivity contribution in [3.63, 3.8) is 0 Å². The maximum absolute atomic E-state index is 12.0. The van der Waals surface area contributed by atoms with Crippen LogP contribution in [-0.2, 0) is 10.2 Å². The first-order chi connectivity index (χ1) is 8.12. The number of hydrogen-bond acceptors (Lipinski definition) is 4. The van der Waals surface area contributed by atoms with Crippen LogP contribution in [-0.4, -0.2) is 42.6 Å². The first-order valence-corrected chi connectivity index (χ1v) is 7.02. The molecule has 2 rings (SSSR count). The Labute approximate surface area is 101 Å². The fourth-order valence-corrected chi connectivity index (χ4v) is 3.27. The molecule has 1 aliphatic rings. The van der Waals surface area contributed by atoms with E-state index >= 15 is 0 Å². The smallest absolute Gasteiger partial charge is 0.301 e. The van der Waals surface area contributed by atoms with Gasteiger partial charge < -0.3 is 5.73 Å². The SMILES string of the molecule is NCC1CCCN(S(=O)(=O)Nc2cn[nH]c2)C1. The summed E-state index contributed by atoms with van der Waals surface area (Å²) in [6.45, 7) is 1.56. The average Bonchev–Trinajstić information content (AvgIpc) is 2.81. The van der Waals surface area contributed by atoms with Gasteiger partial charge in [-0.1, -0.05) is 0 Å². The quantitative estimate of drug-likeness (QED) is 0.692. The summed E-state index contributed by atoms with van der Waals surface area (Å²) in [4.78, 5) is 0. The Kier molecular flexibility index (Phi) is 3.65. The highest BCUT2D eigenvalue weighted by molar-refractivity contribution is 7.90. The molecule has 0 spiro atoms. The third-order valence-corrected chi connectivity index (χ3v) is 4.41. The lowest BCUT2D eigenvalue weighted by atomic mass is 10.0. The van der Waals surface area contributed by atoms with Crippen molar-refractivity contribution in [2.45, 2.75) is 12.8 Å². The minimum atomic E-state index is -3.48. The van der Waals surface area contributed by atoms with E-state index in [1.807, 2.05) is 0 Å². The summed E-state index contributed by atoms with van der Waals surface area (Å²) < 4.78 is 28.0. The lowest BCUT2D eigenvalue weighted by molar-refractivity contribution is 0.273. The lowest BCUT2D eigenvalue weighted by Gasteiger charge is -2.31. The van der Waals surface area contributed by atoms with Gasteiger partial charge in [0.1, 0.15) is 0 Å². The standard InChI is InChI=1S/C9H17N5O2S/c10-4-8-2-1-3-14(7-8)17(15,16)13-9-5-11-12-6-9/h5-6,8,13H,1-4,7,10H2,(H,11,12). The van der Waals surface area contributed by atoms with Gasteiger partial charge in [-0.3, -0.25) is 9.82 Å². The average molecular weight is 259 g/mol. The van der Waals surface area contributed by atoms with E-state index in [1.165, 1.54) is 16.7 Å². The predicted octanol–water partition coefficient (Wildman–Crippen LogP) is -0.263. The first-order valence-electron chi connectivity index (χ1n) is 5.58. The molecule has 0 saturated carbocycles. The molecule has 1 fully saturated rings. The van der Waals surface area contributed by atoms with Crippen molar-refractivity contribution in [1.82, 2.24) is 14.5 Å². The van der Waals surface area contributed by atoms with Crippen LogP contribution in [0.1, 0.15) is 12.8 Å². The van der Waals surface area contributed by atoms with Crippen molar-refractivity contribution in [2.24, 2.45) is 11.7 Å². The second-order valence-electron chi connectivity index (χ2n) is 4.20. The molecule has 0 bridgehead atoms. The van der Waals surface area contributed by atoms with E-state index in [2.05, 4.69) is 14.9 Å². The highest BCUT2D eigenvalue weighted by Gasteiger charge is 2.28. The number of nitrogens with zero attached hydrogens (tertiary/aromatic N) is 2. The number of anilines is 1. The monoisotopic (exact) mass is 259 g/mol. The summed E-state index contributed by atoms with van der Waals surface area (Å²) in [6, 6.07) is 0. The number of nitrogens with two attached hydrogens (primary N) is 1. The van der Waals surface area contributed by atoms with Crippen molar-refractivity contribution in [2.75, 3.05) is 24.4 Å². The van der Waals surface area contributed by atoms with Crippen LogP contribution in [0, 0.1) is 5.92 Å². The minimum Gasteiger partial charge on any atom is -0.330 e. The van der Waals surface area contributed by atoms with Crippen LogP contribution in [0.2, 0.25) is 0 Å². The molecule has 1 saturated heterocycles. The van der Waals surface area contributed by atoms with Crippen LogP contribution in [0.4, 0.5) is 5.69 Å². The van der Waals surface area contributed by atoms with E-state index < -0.39 is 10.2 Å². The maximum Gasteiger partial charge on any atom is 0.301 e. The van der Waals surface area contributed by atoms with Gasteiger partial charge in [0.25, 0.3) is 0 Å². The zero-order chi connectivity index (χ0) is 12.3. The molecule has 8 heteroatoms.